The molecule has 4 aromatic rings. The molecular formula is C24H27N5O3S. The third-order valence-electron chi connectivity index (χ3n) is 5.41. The number of methoxy groups -OCH3 is 1. The van der Waals surface area contributed by atoms with Gasteiger partial charge < -0.3 is 10.1 Å². The van der Waals surface area contributed by atoms with Crippen LogP contribution in [0.2, 0.25) is 0 Å². The van der Waals surface area contributed by atoms with Crippen LogP contribution in [0.4, 0.5) is 0 Å². The third-order valence-corrected chi connectivity index (χ3v) is 6.34. The van der Waals surface area contributed by atoms with Crippen molar-refractivity contribution < 1.29 is 9.53 Å². The second kappa shape index (κ2) is 10.1. The highest BCUT2D eigenvalue weighted by Gasteiger charge is 2.18. The summed E-state index contributed by atoms with van der Waals surface area (Å²) < 4.78 is 8.89. The number of nitrogens with one attached hydrogen (secondary N) is 1. The van der Waals surface area contributed by atoms with E-state index in [1.54, 1.807) is 11.7 Å². The topological polar surface area (TPSA) is 90.5 Å². The number of aryl methyl sites for hydroxylation is 1. The minimum atomic E-state index is -0.125. The first-order valence-corrected chi connectivity index (χ1v) is 11.9. The Morgan fingerprint density at radius 1 is 1.12 bits per heavy atom. The van der Waals surface area contributed by atoms with E-state index in [0.717, 1.165) is 23.3 Å². The largest absolute Gasteiger partial charge is 0.496 e. The minimum Gasteiger partial charge on any atom is -0.496 e. The molecule has 0 saturated carbocycles. The van der Waals surface area contributed by atoms with Gasteiger partial charge in [-0.05, 0) is 30.5 Å². The van der Waals surface area contributed by atoms with E-state index in [1.807, 2.05) is 52.9 Å². The first-order valence-electron chi connectivity index (χ1n) is 10.9. The van der Waals surface area contributed by atoms with Crippen molar-refractivity contribution in [2.24, 2.45) is 5.92 Å². The van der Waals surface area contributed by atoms with Gasteiger partial charge in [-0.1, -0.05) is 55.9 Å². The fraction of sp³-hybridized carbons (Fsp3) is 0.333. The van der Waals surface area contributed by atoms with Crippen LogP contribution >= 0.6 is 11.8 Å². The normalized spacial score (nSPS) is 11.4. The van der Waals surface area contributed by atoms with Crippen LogP contribution in [0.5, 0.6) is 5.75 Å². The first-order chi connectivity index (χ1) is 16.0. The van der Waals surface area contributed by atoms with E-state index in [4.69, 9.17) is 4.74 Å². The number of para-hydroxylation sites is 2. The van der Waals surface area contributed by atoms with Gasteiger partial charge in [-0.3, -0.25) is 18.6 Å². The van der Waals surface area contributed by atoms with E-state index in [0.29, 0.717) is 35.3 Å². The molecule has 2 heterocycles. The van der Waals surface area contributed by atoms with Crippen LogP contribution in [0.15, 0.2) is 58.5 Å². The average Bonchev–Trinajstić information content (AvgIpc) is 3.25. The van der Waals surface area contributed by atoms with Crippen molar-refractivity contribution in [3.63, 3.8) is 0 Å². The maximum absolute atomic E-state index is 13.1. The lowest BCUT2D eigenvalue weighted by Gasteiger charge is -2.12. The second-order valence-corrected chi connectivity index (χ2v) is 9.09. The number of benzene rings is 2. The molecule has 9 heteroatoms. The Bertz CT molecular complexity index is 1350. The number of ether oxygens (including phenoxy) is 1. The summed E-state index contributed by atoms with van der Waals surface area (Å²) in [7, 11) is 1.61. The molecule has 0 atom stereocenters. The van der Waals surface area contributed by atoms with Gasteiger partial charge in [-0.15, -0.1) is 10.2 Å². The predicted octanol–water partition coefficient (Wildman–Crippen LogP) is 3.51. The highest BCUT2D eigenvalue weighted by atomic mass is 32.2. The summed E-state index contributed by atoms with van der Waals surface area (Å²) in [5.41, 5.74) is 1.57. The van der Waals surface area contributed by atoms with Gasteiger partial charge in [-0.2, -0.15) is 0 Å². The summed E-state index contributed by atoms with van der Waals surface area (Å²) in [5.74, 6) is 1.73. The molecule has 2 aromatic carbocycles. The zero-order chi connectivity index (χ0) is 23.4. The van der Waals surface area contributed by atoms with Crippen LogP contribution in [0.25, 0.3) is 16.7 Å². The van der Waals surface area contributed by atoms with E-state index >= 15 is 0 Å². The van der Waals surface area contributed by atoms with Gasteiger partial charge in [0.2, 0.25) is 11.7 Å². The van der Waals surface area contributed by atoms with Crippen LogP contribution in [-0.4, -0.2) is 37.9 Å². The van der Waals surface area contributed by atoms with Gasteiger partial charge in [0.25, 0.3) is 5.56 Å². The zero-order valence-corrected chi connectivity index (χ0v) is 19.8. The zero-order valence-electron chi connectivity index (χ0n) is 18.9. The molecular weight excluding hydrogens is 438 g/mol. The van der Waals surface area contributed by atoms with Crippen molar-refractivity contribution >= 4 is 34.3 Å². The molecule has 8 nitrogen and oxygen atoms in total. The minimum absolute atomic E-state index is 0.0720. The lowest BCUT2D eigenvalue weighted by atomic mass is 10.1. The highest BCUT2D eigenvalue weighted by Crippen LogP contribution is 2.22. The van der Waals surface area contributed by atoms with E-state index in [9.17, 15) is 9.59 Å². The maximum Gasteiger partial charge on any atom is 0.262 e. The van der Waals surface area contributed by atoms with Crippen molar-refractivity contribution in [2.75, 3.05) is 12.9 Å². The van der Waals surface area contributed by atoms with E-state index in [-0.39, 0.29) is 17.2 Å². The monoisotopic (exact) mass is 465 g/mol. The van der Waals surface area contributed by atoms with E-state index in [2.05, 4.69) is 29.4 Å². The summed E-state index contributed by atoms with van der Waals surface area (Å²) in [4.78, 5) is 25.6. The lowest BCUT2D eigenvalue weighted by molar-refractivity contribution is -0.118. The molecule has 33 heavy (non-hydrogen) atoms. The number of rotatable bonds is 9. The molecule has 0 aliphatic heterocycles. The molecule has 4 rings (SSSR count). The average molecular weight is 466 g/mol. The van der Waals surface area contributed by atoms with Crippen LogP contribution < -0.4 is 15.6 Å². The molecule has 0 saturated heterocycles. The number of hydrogen-bond donors (Lipinski definition) is 1. The maximum atomic E-state index is 13.1. The Labute approximate surface area is 196 Å². The molecule has 1 N–H and O–H groups in total. The smallest absolute Gasteiger partial charge is 0.262 e. The number of carbonyl (C=O) groups excluding carboxylic acids is 1. The fourth-order valence-corrected chi connectivity index (χ4v) is 4.41. The summed E-state index contributed by atoms with van der Waals surface area (Å²) in [5, 5.41) is 12.7. The number of nitrogens with zero attached hydrogens (tertiary/aromatic N) is 4. The van der Waals surface area contributed by atoms with Crippen LogP contribution in [0.3, 0.4) is 0 Å². The Morgan fingerprint density at radius 3 is 2.67 bits per heavy atom. The van der Waals surface area contributed by atoms with Gasteiger partial charge >= 0.3 is 0 Å². The molecule has 1 amide bonds. The highest BCUT2D eigenvalue weighted by molar-refractivity contribution is 7.99. The molecule has 0 spiro atoms. The number of carbonyl (C=O) groups is 1. The summed E-state index contributed by atoms with van der Waals surface area (Å²) >= 11 is 1.29. The summed E-state index contributed by atoms with van der Waals surface area (Å²) in [6.07, 6.45) is 0.856. The van der Waals surface area contributed by atoms with Gasteiger partial charge in [-0.25, -0.2) is 0 Å². The molecule has 0 bridgehead atoms. The van der Waals surface area contributed by atoms with Crippen molar-refractivity contribution in [2.45, 2.75) is 38.5 Å². The van der Waals surface area contributed by atoms with E-state index in [1.165, 1.54) is 11.8 Å². The molecule has 0 aliphatic rings. The van der Waals surface area contributed by atoms with Crippen molar-refractivity contribution in [3.8, 4) is 5.75 Å². The van der Waals surface area contributed by atoms with Gasteiger partial charge in [0.15, 0.2) is 5.16 Å². The first kappa shape index (κ1) is 22.8. The number of thioether (sulfide) groups is 1. The molecule has 0 aliphatic carbocycles. The molecule has 2 aromatic heterocycles. The second-order valence-electron chi connectivity index (χ2n) is 8.15. The Hall–Kier alpha value is -3.33. The van der Waals surface area contributed by atoms with Crippen LogP contribution in [-0.2, 0) is 17.9 Å². The quantitative estimate of drug-likeness (QED) is 0.381. The summed E-state index contributed by atoms with van der Waals surface area (Å²) in [6.45, 7) is 5.19. The molecule has 172 valence electrons. The Balaban J connectivity index is 1.57. The summed E-state index contributed by atoms with van der Waals surface area (Å²) in [6, 6.07) is 15.0. The molecule has 0 radical (unpaired) electrons. The van der Waals surface area contributed by atoms with E-state index < -0.39 is 0 Å². The van der Waals surface area contributed by atoms with Crippen molar-refractivity contribution in [1.29, 1.82) is 0 Å². The lowest BCUT2D eigenvalue weighted by Crippen LogP contribution is -2.25. The van der Waals surface area contributed by atoms with Gasteiger partial charge in [0, 0.05) is 18.7 Å². The SMILES string of the molecule is COc1ccccc1CNC(=O)CSc1nnc2n(CCC(C)C)c(=O)c3ccccc3n12. The van der Waals surface area contributed by atoms with Crippen molar-refractivity contribution in [3.05, 3.63) is 64.4 Å². The Morgan fingerprint density at radius 2 is 1.88 bits per heavy atom. The fourth-order valence-electron chi connectivity index (χ4n) is 3.64. The number of hydrogen-bond acceptors (Lipinski definition) is 6. The third kappa shape index (κ3) is 4.88. The number of aromatic nitrogens is 4. The number of fused-ring (bicyclic) bond motifs is 3. The number of amides is 1. The molecule has 0 fully saturated rings. The molecule has 0 unspecified atom stereocenters. The van der Waals surface area contributed by atoms with Gasteiger partial charge in [0.1, 0.15) is 5.75 Å². The van der Waals surface area contributed by atoms with Crippen LogP contribution in [0.1, 0.15) is 25.8 Å². The van der Waals surface area contributed by atoms with Crippen LogP contribution in [0, 0.1) is 5.92 Å². The van der Waals surface area contributed by atoms with Gasteiger partial charge in [0.05, 0.1) is 23.8 Å². The predicted molar refractivity (Wildman–Crippen MR) is 130 cm³/mol. The standard InChI is InChI=1S/C24H27N5O3S/c1-16(2)12-13-28-22(31)18-9-5-6-10-19(18)29-23(28)26-27-24(29)33-15-21(30)25-14-17-8-4-7-11-20(17)32-3/h4-11,16H,12-15H2,1-3H3,(H,25,30). The Kier molecular flexibility index (Phi) is 6.98. The van der Waals surface area contributed by atoms with Crippen molar-refractivity contribution in [1.82, 2.24) is 24.5 Å².